The average Bonchev–Trinajstić information content (AvgIpc) is 2.67. The molecule has 2 rings (SSSR count). The molecule has 0 radical (unpaired) electrons. The molecule has 2 aromatic carbocycles. The van der Waals surface area contributed by atoms with Gasteiger partial charge >= 0.3 is 11.8 Å². The smallest absolute Gasteiger partial charge is 0.329 e. The van der Waals surface area contributed by atoms with Crippen LogP contribution in [0.25, 0.3) is 0 Å². The second kappa shape index (κ2) is 9.98. The van der Waals surface area contributed by atoms with E-state index in [4.69, 9.17) is 21.1 Å². The highest BCUT2D eigenvalue weighted by atomic mass is 35.5. The molecule has 0 bridgehead atoms. The molecule has 0 aliphatic carbocycles. The van der Waals surface area contributed by atoms with E-state index in [2.05, 4.69) is 22.4 Å². The first kappa shape index (κ1) is 20.0. The predicted octanol–water partition coefficient (Wildman–Crippen LogP) is 3.00. The highest BCUT2D eigenvalue weighted by molar-refractivity contribution is 6.39. The fourth-order valence-electron chi connectivity index (χ4n) is 1.96. The molecule has 0 fully saturated rings. The molecule has 8 heteroatoms. The number of carbonyl (C=O) groups excluding carboxylic acids is 2. The average molecular weight is 388 g/mol. The lowest BCUT2D eigenvalue weighted by Gasteiger charge is -2.06. The zero-order valence-corrected chi connectivity index (χ0v) is 15.3. The van der Waals surface area contributed by atoms with Crippen LogP contribution in [0.1, 0.15) is 5.56 Å². The van der Waals surface area contributed by atoms with Crippen LogP contribution in [0.4, 0.5) is 5.69 Å². The van der Waals surface area contributed by atoms with Crippen molar-refractivity contribution in [2.24, 2.45) is 5.10 Å². The van der Waals surface area contributed by atoms with Gasteiger partial charge in [0, 0.05) is 5.69 Å². The van der Waals surface area contributed by atoms with Gasteiger partial charge in [-0.25, -0.2) is 5.43 Å². The minimum Gasteiger partial charge on any atom is -0.495 e. The first-order valence-electron chi connectivity index (χ1n) is 7.85. The molecule has 27 heavy (non-hydrogen) atoms. The number of nitrogens with zero attached hydrogens (tertiary/aromatic N) is 1. The lowest BCUT2D eigenvalue weighted by Crippen LogP contribution is -2.32. The molecular weight excluding hydrogens is 370 g/mol. The Morgan fingerprint density at radius 1 is 1.19 bits per heavy atom. The summed E-state index contributed by atoms with van der Waals surface area (Å²) >= 11 is 6.00. The van der Waals surface area contributed by atoms with Crippen LogP contribution >= 0.6 is 11.6 Å². The van der Waals surface area contributed by atoms with Gasteiger partial charge in [0.1, 0.15) is 18.1 Å². The molecule has 0 heterocycles. The van der Waals surface area contributed by atoms with Gasteiger partial charge < -0.3 is 14.8 Å². The lowest BCUT2D eigenvalue weighted by molar-refractivity contribution is -0.136. The largest absolute Gasteiger partial charge is 0.495 e. The van der Waals surface area contributed by atoms with Crippen molar-refractivity contribution in [3.63, 3.8) is 0 Å². The van der Waals surface area contributed by atoms with E-state index >= 15 is 0 Å². The van der Waals surface area contributed by atoms with Crippen LogP contribution in [0.2, 0.25) is 5.02 Å². The van der Waals surface area contributed by atoms with Gasteiger partial charge in [-0.2, -0.15) is 5.10 Å². The number of methoxy groups -OCH3 is 1. The number of anilines is 1. The Kier molecular flexibility index (Phi) is 7.39. The van der Waals surface area contributed by atoms with Gasteiger partial charge in [0.05, 0.1) is 18.3 Å². The SMILES string of the molecule is C=CCOc1ccc(NC(=O)C(=O)N/N=C\c2ccc(OC)c(Cl)c2)cc1. The van der Waals surface area contributed by atoms with Crippen LogP contribution in [0.15, 0.2) is 60.2 Å². The summed E-state index contributed by atoms with van der Waals surface area (Å²) in [7, 11) is 1.51. The van der Waals surface area contributed by atoms with E-state index in [0.29, 0.717) is 34.4 Å². The molecule has 2 aromatic rings. The number of amides is 2. The number of nitrogens with one attached hydrogen (secondary N) is 2. The molecule has 0 unspecified atom stereocenters. The molecule has 2 amide bonds. The zero-order chi connectivity index (χ0) is 19.6. The van der Waals surface area contributed by atoms with Crippen molar-refractivity contribution in [3.05, 3.63) is 65.7 Å². The monoisotopic (exact) mass is 387 g/mol. The molecule has 0 aromatic heterocycles. The molecule has 7 nitrogen and oxygen atoms in total. The summed E-state index contributed by atoms with van der Waals surface area (Å²) in [6.45, 7) is 3.94. The Bertz CT molecular complexity index is 851. The fraction of sp³-hybridized carbons (Fsp3) is 0.105. The molecule has 140 valence electrons. The Morgan fingerprint density at radius 3 is 2.56 bits per heavy atom. The molecular formula is C19H18ClN3O4. The predicted molar refractivity (Wildman–Crippen MR) is 105 cm³/mol. The Labute approximate surface area is 161 Å². The van der Waals surface area contributed by atoms with Gasteiger partial charge in [-0.05, 0) is 48.0 Å². The van der Waals surface area contributed by atoms with Crippen LogP contribution < -0.4 is 20.2 Å². The van der Waals surface area contributed by atoms with E-state index in [1.165, 1.54) is 13.3 Å². The number of rotatable bonds is 7. The van der Waals surface area contributed by atoms with Crippen molar-refractivity contribution in [2.45, 2.75) is 0 Å². The highest BCUT2D eigenvalue weighted by Crippen LogP contribution is 2.24. The van der Waals surface area contributed by atoms with Gasteiger partial charge in [-0.1, -0.05) is 24.3 Å². The number of hydrogen-bond donors (Lipinski definition) is 2. The number of halogens is 1. The van der Waals surface area contributed by atoms with Gasteiger partial charge in [-0.3, -0.25) is 9.59 Å². The van der Waals surface area contributed by atoms with Crippen molar-refractivity contribution < 1.29 is 19.1 Å². The summed E-state index contributed by atoms with van der Waals surface area (Å²) in [4.78, 5) is 23.7. The minimum absolute atomic E-state index is 0.380. The van der Waals surface area contributed by atoms with Crippen LogP contribution in [0.5, 0.6) is 11.5 Å². The summed E-state index contributed by atoms with van der Waals surface area (Å²) in [5.74, 6) is -0.601. The maximum absolute atomic E-state index is 11.9. The van der Waals surface area contributed by atoms with Crippen LogP contribution in [0, 0.1) is 0 Å². The van der Waals surface area contributed by atoms with Crippen molar-refractivity contribution in [1.82, 2.24) is 5.43 Å². The van der Waals surface area contributed by atoms with Crippen LogP contribution in [0.3, 0.4) is 0 Å². The summed E-state index contributed by atoms with van der Waals surface area (Å²) in [6, 6.07) is 11.6. The van der Waals surface area contributed by atoms with Crippen molar-refractivity contribution in [3.8, 4) is 11.5 Å². The maximum Gasteiger partial charge on any atom is 0.329 e. The van der Waals surface area contributed by atoms with Crippen molar-refractivity contribution >= 4 is 35.3 Å². The first-order valence-corrected chi connectivity index (χ1v) is 8.23. The quantitative estimate of drug-likeness (QED) is 0.331. The lowest BCUT2D eigenvalue weighted by atomic mass is 10.2. The number of benzene rings is 2. The summed E-state index contributed by atoms with van der Waals surface area (Å²) < 4.78 is 10.4. The van der Waals surface area contributed by atoms with E-state index < -0.39 is 11.8 Å². The number of ether oxygens (including phenoxy) is 2. The van der Waals surface area contributed by atoms with Gasteiger partial charge in [-0.15, -0.1) is 0 Å². The summed E-state index contributed by atoms with van der Waals surface area (Å²) in [5, 5.41) is 6.60. The molecule has 0 atom stereocenters. The minimum atomic E-state index is -0.905. The third-order valence-electron chi connectivity index (χ3n) is 3.24. The van der Waals surface area contributed by atoms with E-state index in [0.717, 1.165) is 0 Å². The van der Waals surface area contributed by atoms with E-state index in [1.807, 2.05) is 0 Å². The summed E-state index contributed by atoms with van der Waals surface area (Å²) in [6.07, 6.45) is 2.99. The molecule has 0 aliphatic heterocycles. The molecule has 0 aliphatic rings. The maximum atomic E-state index is 11.9. The van der Waals surface area contributed by atoms with Gasteiger partial charge in [0.25, 0.3) is 0 Å². The second-order valence-electron chi connectivity index (χ2n) is 5.17. The topological polar surface area (TPSA) is 89.0 Å². The zero-order valence-electron chi connectivity index (χ0n) is 14.6. The fourth-order valence-corrected chi connectivity index (χ4v) is 2.22. The number of hydrazone groups is 1. The van der Waals surface area contributed by atoms with Crippen LogP contribution in [-0.2, 0) is 9.59 Å². The van der Waals surface area contributed by atoms with Gasteiger partial charge in [0.2, 0.25) is 0 Å². The van der Waals surface area contributed by atoms with Crippen LogP contribution in [-0.4, -0.2) is 31.7 Å². The summed E-state index contributed by atoms with van der Waals surface area (Å²) in [5.41, 5.74) is 3.23. The Morgan fingerprint density at radius 2 is 1.93 bits per heavy atom. The molecule has 0 saturated carbocycles. The Balaban J connectivity index is 1.87. The Hall–Kier alpha value is -3.32. The third kappa shape index (κ3) is 6.16. The first-order chi connectivity index (χ1) is 13.0. The highest BCUT2D eigenvalue weighted by Gasteiger charge is 2.12. The van der Waals surface area contributed by atoms with E-state index in [1.54, 1.807) is 48.5 Å². The molecule has 2 N–H and O–H groups in total. The molecule has 0 spiro atoms. The molecule has 0 saturated heterocycles. The van der Waals surface area contributed by atoms with E-state index in [9.17, 15) is 9.59 Å². The number of hydrogen-bond acceptors (Lipinski definition) is 5. The van der Waals surface area contributed by atoms with Crippen molar-refractivity contribution in [1.29, 1.82) is 0 Å². The standard InChI is InChI=1S/C19H18ClN3O4/c1-3-10-27-15-7-5-14(6-8-15)22-18(24)19(25)23-21-12-13-4-9-17(26-2)16(20)11-13/h3-9,11-12H,1,10H2,2H3,(H,22,24)(H,23,25)/b21-12-. The second-order valence-corrected chi connectivity index (χ2v) is 5.58. The van der Waals surface area contributed by atoms with Crippen molar-refractivity contribution in [2.75, 3.05) is 19.0 Å². The third-order valence-corrected chi connectivity index (χ3v) is 3.54. The van der Waals surface area contributed by atoms with Gasteiger partial charge in [0.15, 0.2) is 0 Å². The van der Waals surface area contributed by atoms with E-state index in [-0.39, 0.29) is 0 Å². The normalized spacial score (nSPS) is 10.3. The number of carbonyl (C=O) groups is 2.